The van der Waals surface area contributed by atoms with Crippen LogP contribution in [0.5, 0.6) is 23.0 Å². The summed E-state index contributed by atoms with van der Waals surface area (Å²) in [4.78, 5) is 0. The Hall–Kier alpha value is -7.08. The Bertz CT molecular complexity index is 5010. The third kappa shape index (κ3) is 27.2. The van der Waals surface area contributed by atoms with Crippen molar-refractivity contribution < 1.29 is 167 Å². The third-order valence-electron chi connectivity index (χ3n) is 23.7. The second-order valence-corrected chi connectivity index (χ2v) is 35.2. The van der Waals surface area contributed by atoms with Gasteiger partial charge in [0.05, 0.1) is 91.5 Å². The number of aliphatic hydroxyl groups excluding tert-OH is 16. The van der Waals surface area contributed by atoms with E-state index in [1.54, 1.807) is 108 Å². The highest BCUT2D eigenvalue weighted by Gasteiger charge is 2.60. The molecule has 0 amide bonds. The minimum atomic E-state index is -1.94. The van der Waals surface area contributed by atoms with Gasteiger partial charge in [-0.2, -0.15) is 0 Å². The molecule has 34 nitrogen and oxygen atoms in total. The van der Waals surface area contributed by atoms with Crippen LogP contribution in [0.15, 0.2) is 170 Å². The molecule has 24 atom stereocenters. The van der Waals surface area contributed by atoms with Crippen LogP contribution in [0.25, 0.3) is 0 Å². The van der Waals surface area contributed by atoms with Crippen LogP contribution < -0.4 is 18.9 Å². The van der Waals surface area contributed by atoms with Gasteiger partial charge in [0.1, 0.15) is 145 Å². The van der Waals surface area contributed by atoms with Crippen molar-refractivity contribution in [3.63, 3.8) is 0 Å². The van der Waals surface area contributed by atoms with Gasteiger partial charge >= 0.3 is 0 Å². The van der Waals surface area contributed by atoms with Gasteiger partial charge < -0.3 is 167 Å². The average molecular weight is 2050 g/mol. The molecular weight excluding hydrogens is 1910 g/mol. The highest BCUT2D eigenvalue weighted by atomic mass is 35.5. The molecule has 0 aliphatic carbocycles. The van der Waals surface area contributed by atoms with E-state index in [0.717, 1.165) is 39.5 Å². The number of methoxy groups -OCH3 is 4. The van der Waals surface area contributed by atoms with Crippen LogP contribution in [0.1, 0.15) is 160 Å². The smallest absolute Gasteiger partial charge is 0.225 e. The monoisotopic (exact) mass is 2040 g/mol. The molecule has 4 saturated heterocycles. The summed E-state index contributed by atoms with van der Waals surface area (Å²) < 4.78 is 104. The summed E-state index contributed by atoms with van der Waals surface area (Å²) in [7, 11) is 5.91. The predicted molar refractivity (Wildman–Crippen MR) is 516 cm³/mol. The van der Waals surface area contributed by atoms with Gasteiger partial charge in [0, 0.05) is 106 Å². The number of halogens is 4. The van der Waals surface area contributed by atoms with Crippen LogP contribution in [0.2, 0.25) is 20.1 Å². The zero-order valence-electron chi connectivity index (χ0n) is 80.8. The van der Waals surface area contributed by atoms with Gasteiger partial charge in [0.25, 0.3) is 0 Å². The van der Waals surface area contributed by atoms with Crippen LogP contribution in [0.3, 0.4) is 0 Å². The lowest BCUT2D eigenvalue weighted by Gasteiger charge is -2.49. The second kappa shape index (κ2) is 54.9. The predicted octanol–water partition coefficient (Wildman–Crippen LogP) is 9.36. The molecule has 0 aromatic heterocycles. The van der Waals surface area contributed by atoms with Gasteiger partial charge in [0.15, 0.2) is 0 Å². The Labute approximate surface area is 835 Å². The molecule has 38 heteroatoms. The van der Waals surface area contributed by atoms with Gasteiger partial charge in [-0.05, 0) is 189 Å². The van der Waals surface area contributed by atoms with Crippen LogP contribution >= 0.6 is 46.4 Å². The summed E-state index contributed by atoms with van der Waals surface area (Å²) >= 11 is 26.4. The summed E-state index contributed by atoms with van der Waals surface area (Å²) in [6.07, 6.45) is -26.8. The van der Waals surface area contributed by atoms with E-state index in [1.807, 2.05) is 146 Å². The molecule has 0 saturated carbocycles. The Morgan fingerprint density at radius 3 is 0.900 bits per heavy atom. The molecule has 4 fully saturated rings. The SMILES string of the molecule is CCOc1ccc(C(OC(C)C)c2cc([C@]3(OC(C)C)O[C@H](CO)[C@@H](O)[C@H](O)[C@H]3O)ccc2Cl)cc1.CCOc1ccc(C(OC)c2cc([C@]3(OC)O[C@H](CO)[C@@H](O)[C@H](O)[C@H]3O)ccc2Cl)cc1.CCOc1ccc(C(OCC)c2cc([C@]3(OCC)O[C@H](CO)[C@@H](O)[C@H](O)[C@H]3O)ccc2Cl)cc1.CCOc1ccc(C(OCCOC)c2cc([C@]3(OCCOC)O[C@H](CO)[C@@H](O)[C@H](O)[C@H]3O)ccc2Cl)cc1. The zero-order valence-corrected chi connectivity index (χ0v) is 83.8. The Kier molecular flexibility index (Phi) is 45.7. The number of rotatable bonds is 42. The van der Waals surface area contributed by atoms with Crippen molar-refractivity contribution in [1.82, 2.24) is 0 Å². The molecule has 0 radical (unpaired) electrons. The van der Waals surface area contributed by atoms with Crippen molar-refractivity contribution in [2.45, 2.75) is 227 Å². The molecule has 4 unspecified atom stereocenters. The fourth-order valence-corrected chi connectivity index (χ4v) is 17.7. The lowest BCUT2D eigenvalue weighted by atomic mass is 9.86. The molecule has 4 aliphatic heterocycles. The minimum Gasteiger partial charge on any atom is -0.494 e. The van der Waals surface area contributed by atoms with Crippen molar-refractivity contribution in [3.05, 3.63) is 257 Å². The van der Waals surface area contributed by atoms with E-state index in [2.05, 4.69) is 0 Å². The Balaban J connectivity index is 0.000000209. The van der Waals surface area contributed by atoms with Gasteiger partial charge in [-0.3, -0.25) is 0 Å². The number of hydrogen-bond acceptors (Lipinski definition) is 34. The standard InChI is InChI=1S/C27H37ClO10.C27H37ClO8.C25H33ClO8.C23H29ClO8/c1-4-35-19-8-5-17(6-9-19)25(36-13-11-33-2)20-15-18(7-10-21(20)28)27(37-14-12-34-3)26(32)24(31)23(30)22(16-29)38-27;1-6-33-19-10-7-17(8-11-19)25(34-15(2)3)20-13-18(9-12-21(20)28)27(35-16(4)5)26(32)24(31)23(30)22(14-29)36-27;1-4-31-17-10-7-15(8-11-17)23(32-5-2)18-13-16(9-12-19(18)26)25(33-6-3)24(30)22(29)21(28)20(14-27)34-25;1-4-31-15-8-5-13(6-9-15)21(29-2)16-11-14(7-10-17(16)24)23(30-3)22(28)20(27)19(26)18(12-25)32-23/h5-10,15,22-26,29-32H,4,11-14,16H2,1-3H3;7-13,15-16,22-26,29-32H,6,14H2,1-5H3;7-13,20-24,27-30H,4-6,14H2,1-3H3;5-11,18-22,25-28H,4,12H2,1-3H3/t2*22-,23-,24+,25?,26-,27+;20-,21-,22+,23?,24-,25+;18-,19-,20+,21?,22-,23+/m1111/s1. The highest BCUT2D eigenvalue weighted by Crippen LogP contribution is 2.50. The van der Waals surface area contributed by atoms with Crippen LogP contribution in [-0.2, 0) is 89.5 Å². The molecule has 16 N–H and O–H groups in total. The summed E-state index contributed by atoms with van der Waals surface area (Å²) in [5.74, 6) is -4.60. The van der Waals surface area contributed by atoms with E-state index in [9.17, 15) is 81.7 Å². The first kappa shape index (κ1) is 116. The molecule has 4 aliphatic rings. The van der Waals surface area contributed by atoms with Crippen molar-refractivity contribution in [3.8, 4) is 23.0 Å². The van der Waals surface area contributed by atoms with Crippen molar-refractivity contribution in [2.24, 2.45) is 0 Å². The lowest BCUT2D eigenvalue weighted by Crippen LogP contribution is -2.64. The highest BCUT2D eigenvalue weighted by molar-refractivity contribution is 6.32. The first-order valence-corrected chi connectivity index (χ1v) is 47.8. The fraction of sp³-hybridized carbons (Fsp3) is 0.529. The van der Waals surface area contributed by atoms with Crippen molar-refractivity contribution in [2.75, 3.05) is 121 Å². The molecule has 12 rings (SSSR count). The first-order chi connectivity index (χ1) is 67.0. The number of ether oxygens (including phenoxy) is 18. The number of benzene rings is 8. The summed E-state index contributed by atoms with van der Waals surface area (Å²) in [5, 5.41) is 168. The van der Waals surface area contributed by atoms with E-state index in [4.69, 9.17) is 132 Å². The van der Waals surface area contributed by atoms with Crippen molar-refractivity contribution >= 4 is 46.4 Å². The molecule has 8 aromatic rings. The van der Waals surface area contributed by atoms with E-state index in [0.29, 0.717) is 110 Å². The quantitative estimate of drug-likeness (QED) is 0.0158. The fourth-order valence-electron chi connectivity index (χ4n) is 16.9. The van der Waals surface area contributed by atoms with Gasteiger partial charge in [-0.25, -0.2) is 0 Å². The maximum atomic E-state index is 11.1. The topological polar surface area (TPSA) is 490 Å². The molecular formula is C102H136Cl4O34. The van der Waals surface area contributed by atoms with Crippen LogP contribution in [-0.4, -0.2) is 313 Å². The zero-order chi connectivity index (χ0) is 103. The molecule has 140 heavy (non-hydrogen) atoms. The third-order valence-corrected chi connectivity index (χ3v) is 25.1. The minimum absolute atomic E-state index is 0.0147. The largest absolute Gasteiger partial charge is 0.494 e. The van der Waals surface area contributed by atoms with Gasteiger partial charge in [-0.15, -0.1) is 0 Å². The molecule has 8 aromatic carbocycles. The summed E-state index contributed by atoms with van der Waals surface area (Å²) in [6.45, 7) is 19.7. The van der Waals surface area contributed by atoms with E-state index < -0.39 is 178 Å². The van der Waals surface area contributed by atoms with E-state index >= 15 is 0 Å². The summed E-state index contributed by atoms with van der Waals surface area (Å²) in [5.41, 5.74) is 6.93. The lowest BCUT2D eigenvalue weighted by molar-refractivity contribution is -0.381. The summed E-state index contributed by atoms with van der Waals surface area (Å²) in [6, 6.07) is 49.4. The number of aliphatic hydroxyl groups is 16. The Morgan fingerprint density at radius 1 is 0.300 bits per heavy atom. The molecule has 0 spiro atoms. The van der Waals surface area contributed by atoms with E-state index in [1.165, 1.54) is 14.2 Å². The van der Waals surface area contributed by atoms with E-state index in [-0.39, 0.29) is 32.5 Å². The maximum Gasteiger partial charge on any atom is 0.225 e. The molecule has 776 valence electrons. The maximum absolute atomic E-state index is 11.1. The normalized spacial score (nSPS) is 27.6. The van der Waals surface area contributed by atoms with Crippen LogP contribution in [0, 0.1) is 0 Å². The van der Waals surface area contributed by atoms with Crippen molar-refractivity contribution in [1.29, 1.82) is 0 Å². The van der Waals surface area contributed by atoms with Gasteiger partial charge in [-0.1, -0.05) is 119 Å². The second-order valence-electron chi connectivity index (χ2n) is 33.6. The first-order valence-electron chi connectivity index (χ1n) is 46.3. The van der Waals surface area contributed by atoms with Gasteiger partial charge in [0.2, 0.25) is 23.1 Å². The molecule has 4 heterocycles. The van der Waals surface area contributed by atoms with Crippen LogP contribution in [0.4, 0.5) is 0 Å². The molecule has 0 bridgehead atoms. The number of hydrogen-bond donors (Lipinski definition) is 16. The Morgan fingerprint density at radius 2 is 0.586 bits per heavy atom. The average Bonchev–Trinajstić information content (AvgIpc) is 0.759.